The highest BCUT2D eigenvalue weighted by molar-refractivity contribution is 7.92. The number of carbonyl (C=O) groups excluding carboxylic acids is 1. The van der Waals surface area contributed by atoms with Crippen molar-refractivity contribution >= 4 is 21.6 Å². The van der Waals surface area contributed by atoms with Gasteiger partial charge in [-0.25, -0.2) is 8.42 Å². The third kappa shape index (κ3) is 5.13. The lowest BCUT2D eigenvalue weighted by Crippen LogP contribution is -2.50. The predicted octanol–water partition coefficient (Wildman–Crippen LogP) is 1.81. The number of fused-ring (bicyclic) bond motifs is 1. The van der Waals surface area contributed by atoms with Crippen molar-refractivity contribution in [2.45, 2.75) is 19.1 Å². The molecule has 0 bridgehead atoms. The first kappa shape index (κ1) is 22.5. The fourth-order valence-corrected chi connectivity index (χ4v) is 4.45. The summed E-state index contributed by atoms with van der Waals surface area (Å²) in [5, 5.41) is 2.75. The van der Waals surface area contributed by atoms with Gasteiger partial charge in [-0.15, -0.1) is 0 Å². The number of ether oxygens (including phenoxy) is 4. The molecule has 168 valence electrons. The Hall–Kier alpha value is -3.14. The van der Waals surface area contributed by atoms with Crippen molar-refractivity contribution < 1.29 is 32.2 Å². The maximum absolute atomic E-state index is 12.9. The summed E-state index contributed by atoms with van der Waals surface area (Å²) in [7, 11) is -0.927. The predicted molar refractivity (Wildman–Crippen MR) is 116 cm³/mol. The maximum atomic E-state index is 12.9. The lowest BCUT2D eigenvalue weighted by molar-refractivity contribution is -0.122. The summed E-state index contributed by atoms with van der Waals surface area (Å²) >= 11 is 0. The summed E-state index contributed by atoms with van der Waals surface area (Å²) in [6, 6.07) is 11.0. The molecule has 1 aliphatic heterocycles. The molecule has 0 fully saturated rings. The van der Waals surface area contributed by atoms with Crippen LogP contribution in [0.1, 0.15) is 6.92 Å². The number of nitrogens with zero attached hydrogens (tertiary/aromatic N) is 1. The second-order valence-corrected chi connectivity index (χ2v) is 8.87. The smallest absolute Gasteiger partial charge is 0.243 e. The molecular weight excluding hydrogens is 424 g/mol. The van der Waals surface area contributed by atoms with Crippen LogP contribution in [-0.4, -0.2) is 60.1 Å². The van der Waals surface area contributed by atoms with Crippen LogP contribution in [0.5, 0.6) is 23.0 Å². The zero-order valence-corrected chi connectivity index (χ0v) is 18.6. The Morgan fingerprint density at radius 3 is 2.55 bits per heavy atom. The minimum Gasteiger partial charge on any atom is -0.497 e. The number of benzene rings is 2. The van der Waals surface area contributed by atoms with E-state index in [2.05, 4.69) is 5.32 Å². The molecule has 1 N–H and O–H groups in total. The molecule has 0 aliphatic carbocycles. The minimum absolute atomic E-state index is 0.157. The van der Waals surface area contributed by atoms with Gasteiger partial charge in [0.05, 0.1) is 32.7 Å². The fourth-order valence-electron chi connectivity index (χ4n) is 3.28. The van der Waals surface area contributed by atoms with Gasteiger partial charge >= 0.3 is 0 Å². The van der Waals surface area contributed by atoms with Gasteiger partial charge in [0, 0.05) is 6.07 Å². The monoisotopic (exact) mass is 450 g/mol. The van der Waals surface area contributed by atoms with E-state index < -0.39 is 28.1 Å². The summed E-state index contributed by atoms with van der Waals surface area (Å²) in [5.74, 6) is 1.49. The van der Waals surface area contributed by atoms with Crippen molar-refractivity contribution in [3.05, 3.63) is 42.5 Å². The molecule has 0 unspecified atom stereocenters. The second-order valence-electron chi connectivity index (χ2n) is 7.02. The number of anilines is 1. The van der Waals surface area contributed by atoms with E-state index in [1.165, 1.54) is 27.2 Å². The topological polar surface area (TPSA) is 103 Å². The van der Waals surface area contributed by atoms with Crippen molar-refractivity contribution in [3.8, 4) is 23.0 Å². The van der Waals surface area contributed by atoms with E-state index in [-0.39, 0.29) is 18.8 Å². The summed E-state index contributed by atoms with van der Waals surface area (Å²) in [5.41, 5.74) is 0.207. The Bertz CT molecular complexity index is 1040. The van der Waals surface area contributed by atoms with Gasteiger partial charge in [-0.2, -0.15) is 0 Å². The summed E-state index contributed by atoms with van der Waals surface area (Å²) in [6.07, 6.45) is 0.633. The molecule has 1 amide bonds. The molecule has 0 spiro atoms. The first-order chi connectivity index (χ1) is 14.7. The van der Waals surface area contributed by atoms with Crippen LogP contribution in [0.15, 0.2) is 42.5 Å². The van der Waals surface area contributed by atoms with E-state index in [0.29, 0.717) is 23.0 Å². The molecule has 2 aromatic rings. The number of nitrogens with one attached hydrogen (secondary N) is 1. The highest BCUT2D eigenvalue weighted by Gasteiger charge is 2.32. The summed E-state index contributed by atoms with van der Waals surface area (Å²) in [6.45, 7) is 1.93. The Morgan fingerprint density at radius 2 is 1.90 bits per heavy atom. The molecule has 3 rings (SSSR count). The zero-order valence-electron chi connectivity index (χ0n) is 17.8. The molecule has 0 saturated carbocycles. The van der Waals surface area contributed by atoms with Crippen molar-refractivity contribution in [1.82, 2.24) is 5.32 Å². The lowest BCUT2D eigenvalue weighted by Gasteiger charge is -2.31. The Labute approximate surface area is 181 Å². The fraction of sp³-hybridized carbons (Fsp3) is 0.381. The molecule has 9 nitrogen and oxygen atoms in total. The number of hydrogen-bond donors (Lipinski definition) is 1. The van der Waals surface area contributed by atoms with Gasteiger partial charge in [-0.3, -0.25) is 9.10 Å². The Kier molecular flexibility index (Phi) is 6.79. The highest BCUT2D eigenvalue weighted by atomic mass is 32.2. The largest absolute Gasteiger partial charge is 0.497 e. The van der Waals surface area contributed by atoms with E-state index in [1.54, 1.807) is 24.3 Å². The van der Waals surface area contributed by atoms with E-state index in [9.17, 15) is 13.2 Å². The van der Waals surface area contributed by atoms with Gasteiger partial charge in [0.2, 0.25) is 15.9 Å². The second kappa shape index (κ2) is 9.34. The van der Waals surface area contributed by atoms with Crippen LogP contribution in [0.4, 0.5) is 5.69 Å². The number of para-hydroxylation sites is 2. The normalized spacial score (nSPS) is 16.2. The molecule has 10 heteroatoms. The van der Waals surface area contributed by atoms with Crippen LogP contribution in [0, 0.1) is 0 Å². The molecule has 1 heterocycles. The quantitative estimate of drug-likeness (QED) is 0.654. The van der Waals surface area contributed by atoms with Crippen LogP contribution in [0.3, 0.4) is 0 Å². The molecule has 31 heavy (non-hydrogen) atoms. The first-order valence-electron chi connectivity index (χ1n) is 9.62. The molecule has 2 atom stereocenters. The van der Waals surface area contributed by atoms with Crippen molar-refractivity contribution in [2.75, 3.05) is 37.9 Å². The summed E-state index contributed by atoms with van der Waals surface area (Å²) in [4.78, 5) is 12.9. The van der Waals surface area contributed by atoms with Crippen LogP contribution >= 0.6 is 0 Å². The standard InChI is InChI=1S/C21H26N2O7S/c1-14(21(24)22-12-16-13-29-19-7-5-6-8-20(19)30-16)23(31(4,25)26)17-11-15(27-2)9-10-18(17)28-3/h5-11,14,16H,12-13H2,1-4H3,(H,22,24)/t14-,16-/m1/s1. The van der Waals surface area contributed by atoms with Gasteiger partial charge in [-0.05, 0) is 31.2 Å². The van der Waals surface area contributed by atoms with Crippen LogP contribution in [-0.2, 0) is 14.8 Å². The molecule has 0 saturated heterocycles. The molecule has 0 aromatic heterocycles. The van der Waals surface area contributed by atoms with E-state index >= 15 is 0 Å². The summed E-state index contributed by atoms with van der Waals surface area (Å²) < 4.78 is 48.2. The average Bonchev–Trinajstić information content (AvgIpc) is 2.76. The number of rotatable bonds is 8. The molecule has 0 radical (unpaired) electrons. The van der Waals surface area contributed by atoms with Crippen LogP contribution < -0.4 is 28.6 Å². The van der Waals surface area contributed by atoms with Crippen molar-refractivity contribution in [3.63, 3.8) is 0 Å². The van der Waals surface area contributed by atoms with Gasteiger partial charge in [0.1, 0.15) is 30.3 Å². The highest BCUT2D eigenvalue weighted by Crippen LogP contribution is 2.35. The SMILES string of the molecule is COc1ccc(OC)c(N([C@H](C)C(=O)NC[C@@H]2COc3ccccc3O2)S(C)(=O)=O)c1. The number of sulfonamides is 1. The van der Waals surface area contributed by atoms with E-state index in [4.69, 9.17) is 18.9 Å². The Morgan fingerprint density at radius 1 is 1.19 bits per heavy atom. The average molecular weight is 451 g/mol. The van der Waals surface area contributed by atoms with E-state index in [1.807, 2.05) is 12.1 Å². The molecular formula is C21H26N2O7S. The van der Waals surface area contributed by atoms with Gasteiger partial charge in [-0.1, -0.05) is 12.1 Å². The molecule has 2 aromatic carbocycles. The third-order valence-electron chi connectivity index (χ3n) is 4.78. The molecule has 1 aliphatic rings. The maximum Gasteiger partial charge on any atom is 0.243 e. The van der Waals surface area contributed by atoms with Crippen molar-refractivity contribution in [1.29, 1.82) is 0 Å². The minimum atomic E-state index is -3.82. The van der Waals surface area contributed by atoms with Crippen molar-refractivity contribution in [2.24, 2.45) is 0 Å². The number of methoxy groups -OCH3 is 2. The third-order valence-corrected chi connectivity index (χ3v) is 6.01. The van der Waals surface area contributed by atoms with Gasteiger partial charge in [0.25, 0.3) is 0 Å². The zero-order chi connectivity index (χ0) is 22.6. The number of amides is 1. The number of hydrogen-bond acceptors (Lipinski definition) is 7. The Balaban J connectivity index is 1.75. The van der Waals surface area contributed by atoms with Gasteiger partial charge < -0.3 is 24.3 Å². The van der Waals surface area contributed by atoms with E-state index in [0.717, 1.165) is 10.6 Å². The van der Waals surface area contributed by atoms with Crippen LogP contribution in [0.25, 0.3) is 0 Å². The number of carbonyl (C=O) groups is 1. The van der Waals surface area contributed by atoms with Crippen LogP contribution in [0.2, 0.25) is 0 Å². The lowest BCUT2D eigenvalue weighted by atomic mass is 10.2. The van der Waals surface area contributed by atoms with Gasteiger partial charge in [0.15, 0.2) is 11.5 Å². The first-order valence-corrected chi connectivity index (χ1v) is 11.5.